The number of nitrogens with zero attached hydrogens (tertiary/aromatic N) is 1. The maximum absolute atomic E-state index is 12.6. The minimum absolute atomic E-state index is 0.0322. The third kappa shape index (κ3) is 4.78. The molecule has 0 spiro atoms. The highest BCUT2D eigenvalue weighted by atomic mass is 16.1. The van der Waals surface area contributed by atoms with E-state index in [1.807, 2.05) is 6.07 Å². The predicted molar refractivity (Wildman–Crippen MR) is 110 cm³/mol. The summed E-state index contributed by atoms with van der Waals surface area (Å²) in [5, 5.41) is 3.10. The van der Waals surface area contributed by atoms with E-state index in [4.69, 9.17) is 0 Å². The van der Waals surface area contributed by atoms with Crippen LogP contribution >= 0.6 is 0 Å². The number of rotatable bonds is 5. The molecule has 0 aromatic heterocycles. The molecule has 2 aliphatic rings. The summed E-state index contributed by atoms with van der Waals surface area (Å²) >= 11 is 0. The van der Waals surface area contributed by atoms with E-state index in [1.165, 1.54) is 67.4 Å². The van der Waals surface area contributed by atoms with Crippen LogP contribution in [0.25, 0.3) is 0 Å². The van der Waals surface area contributed by atoms with Gasteiger partial charge < -0.3 is 5.32 Å². The highest BCUT2D eigenvalue weighted by molar-refractivity contribution is 5.94. The summed E-state index contributed by atoms with van der Waals surface area (Å²) in [6, 6.07) is 14.9. The van der Waals surface area contributed by atoms with E-state index in [0.29, 0.717) is 6.54 Å². The largest absolute Gasteiger partial charge is 0.348 e. The fourth-order valence-electron chi connectivity index (χ4n) is 4.37. The number of nitrogens with one attached hydrogen (secondary N) is 1. The molecule has 1 aliphatic heterocycles. The predicted octanol–water partition coefficient (Wildman–Crippen LogP) is 4.48. The van der Waals surface area contributed by atoms with Crippen LogP contribution < -0.4 is 5.32 Å². The third-order valence-electron chi connectivity index (χ3n) is 5.91. The lowest BCUT2D eigenvalue weighted by Gasteiger charge is -2.26. The number of likely N-dealkylation sites (tertiary alicyclic amines) is 1. The SMILES string of the molecule is O=C(NCc1cccc(CN2CCCCC2)c1)c1ccc2c(c1)CCCC2. The van der Waals surface area contributed by atoms with Gasteiger partial charge in [0.2, 0.25) is 0 Å². The Balaban J connectivity index is 1.35. The van der Waals surface area contributed by atoms with Crippen molar-refractivity contribution in [2.45, 2.75) is 58.0 Å². The zero-order valence-corrected chi connectivity index (χ0v) is 16.2. The summed E-state index contributed by atoms with van der Waals surface area (Å²) in [5.41, 5.74) is 6.09. The number of amides is 1. The number of benzene rings is 2. The van der Waals surface area contributed by atoms with Crippen molar-refractivity contribution in [3.63, 3.8) is 0 Å². The van der Waals surface area contributed by atoms with Crippen LogP contribution in [0, 0.1) is 0 Å². The summed E-state index contributed by atoms with van der Waals surface area (Å²) in [5.74, 6) is 0.0322. The van der Waals surface area contributed by atoms with Gasteiger partial charge in [0.15, 0.2) is 0 Å². The van der Waals surface area contributed by atoms with Gasteiger partial charge in [-0.1, -0.05) is 36.8 Å². The molecule has 1 aliphatic carbocycles. The first-order valence-corrected chi connectivity index (χ1v) is 10.5. The number of carbonyl (C=O) groups is 1. The molecule has 1 amide bonds. The number of fused-ring (bicyclic) bond motifs is 1. The van der Waals surface area contributed by atoms with Gasteiger partial charge >= 0.3 is 0 Å². The Morgan fingerprint density at radius 2 is 1.63 bits per heavy atom. The summed E-state index contributed by atoms with van der Waals surface area (Å²) in [6.45, 7) is 4.02. The Morgan fingerprint density at radius 1 is 0.852 bits per heavy atom. The topological polar surface area (TPSA) is 32.3 Å². The van der Waals surface area contributed by atoms with E-state index in [0.717, 1.165) is 24.9 Å². The molecule has 1 N–H and O–H groups in total. The van der Waals surface area contributed by atoms with Crippen LogP contribution in [0.15, 0.2) is 42.5 Å². The van der Waals surface area contributed by atoms with Gasteiger partial charge in [-0.2, -0.15) is 0 Å². The van der Waals surface area contributed by atoms with E-state index < -0.39 is 0 Å². The van der Waals surface area contributed by atoms with Gasteiger partial charge in [-0.15, -0.1) is 0 Å². The van der Waals surface area contributed by atoms with Crippen molar-refractivity contribution in [1.82, 2.24) is 10.2 Å². The fourth-order valence-corrected chi connectivity index (χ4v) is 4.37. The Morgan fingerprint density at radius 3 is 2.48 bits per heavy atom. The molecular weight excluding hydrogens is 332 g/mol. The van der Waals surface area contributed by atoms with Crippen molar-refractivity contribution >= 4 is 5.91 Å². The molecule has 2 aromatic rings. The Hall–Kier alpha value is -2.13. The maximum Gasteiger partial charge on any atom is 0.251 e. The molecule has 1 saturated heterocycles. The number of piperidine rings is 1. The molecule has 0 unspecified atom stereocenters. The standard InChI is InChI=1S/C24H30N2O/c27-24(23-12-11-21-9-2-3-10-22(21)16-23)25-17-19-7-6-8-20(15-19)18-26-13-4-1-5-14-26/h6-8,11-12,15-16H,1-5,9-10,13-14,17-18H2,(H,25,27). The van der Waals surface area contributed by atoms with E-state index in [1.54, 1.807) is 0 Å². The Kier molecular flexibility index (Phi) is 5.88. The number of aryl methyl sites for hydroxylation is 2. The maximum atomic E-state index is 12.6. The lowest BCUT2D eigenvalue weighted by molar-refractivity contribution is 0.0950. The van der Waals surface area contributed by atoms with Crippen LogP contribution in [-0.2, 0) is 25.9 Å². The van der Waals surface area contributed by atoms with Crippen LogP contribution in [0.2, 0.25) is 0 Å². The average Bonchev–Trinajstić information content (AvgIpc) is 2.73. The molecule has 0 saturated carbocycles. The second-order valence-corrected chi connectivity index (χ2v) is 8.03. The average molecular weight is 363 g/mol. The zero-order valence-electron chi connectivity index (χ0n) is 16.2. The monoisotopic (exact) mass is 362 g/mol. The first-order valence-electron chi connectivity index (χ1n) is 10.5. The Labute approximate surface area is 162 Å². The van der Waals surface area contributed by atoms with Crippen LogP contribution in [-0.4, -0.2) is 23.9 Å². The zero-order chi connectivity index (χ0) is 18.5. The van der Waals surface area contributed by atoms with E-state index in [9.17, 15) is 4.79 Å². The van der Waals surface area contributed by atoms with Crippen LogP contribution in [0.1, 0.15) is 64.7 Å². The van der Waals surface area contributed by atoms with Gasteiger partial charge in [0.05, 0.1) is 0 Å². The van der Waals surface area contributed by atoms with Crippen molar-refractivity contribution in [3.8, 4) is 0 Å². The number of hydrogen-bond acceptors (Lipinski definition) is 2. The molecule has 0 bridgehead atoms. The summed E-state index contributed by atoms with van der Waals surface area (Å²) < 4.78 is 0. The highest BCUT2D eigenvalue weighted by Gasteiger charge is 2.13. The molecule has 3 nitrogen and oxygen atoms in total. The van der Waals surface area contributed by atoms with Gasteiger partial charge in [0.1, 0.15) is 0 Å². The molecule has 27 heavy (non-hydrogen) atoms. The van der Waals surface area contributed by atoms with Gasteiger partial charge in [-0.3, -0.25) is 9.69 Å². The molecule has 3 heteroatoms. The van der Waals surface area contributed by atoms with Gasteiger partial charge in [0.25, 0.3) is 5.91 Å². The van der Waals surface area contributed by atoms with E-state index in [-0.39, 0.29) is 5.91 Å². The van der Waals surface area contributed by atoms with Crippen LogP contribution in [0.4, 0.5) is 0 Å². The number of carbonyl (C=O) groups excluding carboxylic acids is 1. The first-order chi connectivity index (χ1) is 13.3. The van der Waals surface area contributed by atoms with Crippen molar-refractivity contribution in [2.75, 3.05) is 13.1 Å². The second-order valence-electron chi connectivity index (χ2n) is 8.03. The van der Waals surface area contributed by atoms with Crippen LogP contribution in [0.5, 0.6) is 0 Å². The minimum Gasteiger partial charge on any atom is -0.348 e. The first kappa shape index (κ1) is 18.2. The third-order valence-corrected chi connectivity index (χ3v) is 5.91. The smallest absolute Gasteiger partial charge is 0.251 e. The number of hydrogen-bond donors (Lipinski definition) is 1. The van der Waals surface area contributed by atoms with Crippen molar-refractivity contribution < 1.29 is 4.79 Å². The molecular formula is C24H30N2O. The lowest BCUT2D eigenvalue weighted by atomic mass is 9.90. The van der Waals surface area contributed by atoms with Crippen molar-refractivity contribution in [1.29, 1.82) is 0 Å². The normalized spacial score (nSPS) is 17.3. The molecule has 142 valence electrons. The second kappa shape index (κ2) is 8.71. The van der Waals surface area contributed by atoms with Gasteiger partial charge in [-0.25, -0.2) is 0 Å². The molecule has 0 atom stereocenters. The van der Waals surface area contributed by atoms with E-state index in [2.05, 4.69) is 46.6 Å². The van der Waals surface area contributed by atoms with Gasteiger partial charge in [-0.05, 0) is 86.0 Å². The van der Waals surface area contributed by atoms with E-state index >= 15 is 0 Å². The summed E-state index contributed by atoms with van der Waals surface area (Å²) in [6.07, 6.45) is 8.77. The highest BCUT2D eigenvalue weighted by Crippen LogP contribution is 2.22. The minimum atomic E-state index is 0.0322. The molecule has 4 rings (SSSR count). The van der Waals surface area contributed by atoms with Gasteiger partial charge in [0, 0.05) is 18.7 Å². The lowest BCUT2D eigenvalue weighted by Crippen LogP contribution is -2.29. The van der Waals surface area contributed by atoms with Crippen molar-refractivity contribution in [3.05, 3.63) is 70.3 Å². The summed E-state index contributed by atoms with van der Waals surface area (Å²) in [7, 11) is 0. The molecule has 1 fully saturated rings. The molecule has 0 radical (unpaired) electrons. The Bertz CT molecular complexity index is 793. The fraction of sp³-hybridized carbons (Fsp3) is 0.458. The quantitative estimate of drug-likeness (QED) is 0.850. The molecule has 2 aromatic carbocycles. The summed E-state index contributed by atoms with van der Waals surface area (Å²) in [4.78, 5) is 15.1. The van der Waals surface area contributed by atoms with Crippen LogP contribution in [0.3, 0.4) is 0 Å². The van der Waals surface area contributed by atoms with Crippen molar-refractivity contribution in [2.24, 2.45) is 0 Å². The molecule has 1 heterocycles.